The number of aryl methyl sites for hydroxylation is 2. The number of thiophene rings is 1. The molecule has 0 aliphatic carbocycles. The van der Waals surface area contributed by atoms with E-state index >= 15 is 0 Å². The average molecular weight is 332 g/mol. The van der Waals surface area contributed by atoms with Gasteiger partial charge in [-0.3, -0.25) is 0 Å². The highest BCUT2D eigenvalue weighted by molar-refractivity contribution is 9.10. The molecule has 0 bridgehead atoms. The Morgan fingerprint density at radius 1 is 1.29 bits per heavy atom. The normalized spacial score (nSPS) is 12.8. The average Bonchev–Trinajstić information content (AvgIpc) is 2.61. The van der Waals surface area contributed by atoms with Crippen molar-refractivity contribution in [2.45, 2.75) is 20.0 Å². The molecule has 1 N–H and O–H groups in total. The maximum Gasteiger partial charge on any atom is 0.114 e. The van der Waals surface area contributed by atoms with E-state index in [2.05, 4.69) is 15.9 Å². The highest BCUT2D eigenvalue weighted by Gasteiger charge is 2.17. The highest BCUT2D eigenvalue weighted by Crippen LogP contribution is 2.36. The second-order valence-electron chi connectivity index (χ2n) is 3.98. The summed E-state index contributed by atoms with van der Waals surface area (Å²) in [6, 6.07) is 7.67. The van der Waals surface area contributed by atoms with Crippen LogP contribution in [0.25, 0.3) is 0 Å². The zero-order chi connectivity index (χ0) is 12.6. The fourth-order valence-corrected chi connectivity index (χ4v) is 3.69. The largest absolute Gasteiger partial charge is 0.383 e. The van der Waals surface area contributed by atoms with Crippen LogP contribution >= 0.6 is 38.9 Å². The number of aliphatic hydroxyl groups is 1. The molecular formula is C13H12BrClOS. The van der Waals surface area contributed by atoms with E-state index in [1.54, 1.807) is 11.3 Å². The van der Waals surface area contributed by atoms with E-state index in [1.807, 2.05) is 38.1 Å². The van der Waals surface area contributed by atoms with Crippen LogP contribution in [0.3, 0.4) is 0 Å². The summed E-state index contributed by atoms with van der Waals surface area (Å²) >= 11 is 11.1. The summed E-state index contributed by atoms with van der Waals surface area (Å²) in [6.45, 7) is 3.97. The van der Waals surface area contributed by atoms with E-state index in [-0.39, 0.29) is 0 Å². The molecule has 0 spiro atoms. The lowest BCUT2D eigenvalue weighted by Crippen LogP contribution is -1.98. The van der Waals surface area contributed by atoms with Gasteiger partial charge in [-0.05, 0) is 53.0 Å². The van der Waals surface area contributed by atoms with Crippen LogP contribution in [0.1, 0.15) is 27.0 Å². The lowest BCUT2D eigenvalue weighted by molar-refractivity contribution is 0.223. The van der Waals surface area contributed by atoms with Crippen LogP contribution in [0.5, 0.6) is 0 Å². The molecule has 90 valence electrons. The molecule has 0 aliphatic rings. The second kappa shape index (κ2) is 5.11. The lowest BCUT2D eigenvalue weighted by Gasteiger charge is -2.11. The van der Waals surface area contributed by atoms with Crippen molar-refractivity contribution in [2.75, 3.05) is 0 Å². The van der Waals surface area contributed by atoms with Crippen molar-refractivity contribution in [3.05, 3.63) is 54.6 Å². The molecule has 17 heavy (non-hydrogen) atoms. The fourth-order valence-electron chi connectivity index (χ4n) is 1.62. The van der Waals surface area contributed by atoms with Gasteiger partial charge in [0.1, 0.15) is 6.10 Å². The summed E-state index contributed by atoms with van der Waals surface area (Å²) in [5.74, 6) is 0. The number of hydrogen-bond acceptors (Lipinski definition) is 2. The third-order valence-corrected chi connectivity index (χ3v) is 5.02. The lowest BCUT2D eigenvalue weighted by atomic mass is 10.1. The van der Waals surface area contributed by atoms with Crippen molar-refractivity contribution in [3.8, 4) is 0 Å². The number of halogens is 2. The Bertz CT molecular complexity index is 550. The topological polar surface area (TPSA) is 20.2 Å². The molecule has 1 nitrogen and oxygen atoms in total. The Hall–Kier alpha value is -0.350. The van der Waals surface area contributed by atoms with Gasteiger partial charge in [-0.1, -0.05) is 23.7 Å². The Balaban J connectivity index is 2.40. The molecule has 1 heterocycles. The molecule has 1 aromatic heterocycles. The maximum atomic E-state index is 10.3. The molecule has 0 saturated carbocycles. The van der Waals surface area contributed by atoms with Crippen molar-refractivity contribution in [3.63, 3.8) is 0 Å². The number of benzene rings is 1. The summed E-state index contributed by atoms with van der Waals surface area (Å²) in [4.78, 5) is 2.09. The smallest absolute Gasteiger partial charge is 0.114 e. The van der Waals surface area contributed by atoms with Crippen LogP contribution < -0.4 is 0 Å². The molecular weight excluding hydrogens is 320 g/mol. The van der Waals surface area contributed by atoms with Crippen LogP contribution in [0.2, 0.25) is 5.02 Å². The summed E-state index contributed by atoms with van der Waals surface area (Å²) in [7, 11) is 0. The van der Waals surface area contributed by atoms with Crippen molar-refractivity contribution in [1.82, 2.24) is 0 Å². The molecule has 0 radical (unpaired) electrons. The Kier molecular flexibility index (Phi) is 3.93. The van der Waals surface area contributed by atoms with Gasteiger partial charge >= 0.3 is 0 Å². The number of rotatable bonds is 2. The van der Waals surface area contributed by atoms with Crippen LogP contribution in [-0.2, 0) is 0 Å². The molecule has 0 aliphatic heterocycles. The van der Waals surface area contributed by atoms with Gasteiger partial charge in [0.2, 0.25) is 0 Å². The van der Waals surface area contributed by atoms with Gasteiger partial charge in [0.25, 0.3) is 0 Å². The minimum atomic E-state index is -0.624. The fraction of sp³-hybridized carbons (Fsp3) is 0.231. The van der Waals surface area contributed by atoms with E-state index in [4.69, 9.17) is 11.6 Å². The van der Waals surface area contributed by atoms with Gasteiger partial charge in [-0.25, -0.2) is 0 Å². The zero-order valence-corrected chi connectivity index (χ0v) is 12.7. The summed E-state index contributed by atoms with van der Waals surface area (Å²) in [6.07, 6.45) is -0.624. The van der Waals surface area contributed by atoms with E-state index in [0.717, 1.165) is 20.5 Å². The predicted octanol–water partition coefficient (Wildman–Crippen LogP) is 4.86. The van der Waals surface area contributed by atoms with Crippen LogP contribution in [0, 0.1) is 13.8 Å². The maximum absolute atomic E-state index is 10.3. The van der Waals surface area contributed by atoms with Crippen LogP contribution in [0.4, 0.5) is 0 Å². The first-order chi connectivity index (χ1) is 7.99. The third-order valence-electron chi connectivity index (χ3n) is 2.60. The molecule has 1 aromatic carbocycles. The quantitative estimate of drug-likeness (QED) is 0.833. The van der Waals surface area contributed by atoms with Gasteiger partial charge in [0, 0.05) is 14.4 Å². The molecule has 1 unspecified atom stereocenters. The first-order valence-corrected chi connectivity index (χ1v) is 7.17. The minimum Gasteiger partial charge on any atom is -0.383 e. The standard InChI is InChI=1S/C13H12BrClOS/c1-7-3-4-9(6-11(7)15)12(16)13-10(14)5-8(2)17-13/h3-6,12,16H,1-2H3. The zero-order valence-electron chi connectivity index (χ0n) is 9.50. The predicted molar refractivity (Wildman–Crippen MR) is 77.0 cm³/mol. The molecule has 1 atom stereocenters. The van der Waals surface area contributed by atoms with Crippen molar-refractivity contribution < 1.29 is 5.11 Å². The van der Waals surface area contributed by atoms with Crippen LogP contribution in [0.15, 0.2) is 28.7 Å². The molecule has 2 rings (SSSR count). The third kappa shape index (κ3) is 2.74. The Morgan fingerprint density at radius 2 is 2.00 bits per heavy atom. The van der Waals surface area contributed by atoms with Gasteiger partial charge in [0.05, 0.1) is 4.88 Å². The Morgan fingerprint density at radius 3 is 2.53 bits per heavy atom. The number of hydrogen-bond donors (Lipinski definition) is 1. The van der Waals surface area contributed by atoms with Crippen molar-refractivity contribution in [2.24, 2.45) is 0 Å². The first-order valence-electron chi connectivity index (χ1n) is 5.19. The molecule has 0 fully saturated rings. The first kappa shape index (κ1) is 13.1. The highest BCUT2D eigenvalue weighted by atomic mass is 79.9. The van der Waals surface area contributed by atoms with E-state index in [1.165, 1.54) is 4.88 Å². The second-order valence-corrected chi connectivity index (χ2v) is 6.53. The van der Waals surface area contributed by atoms with E-state index in [0.29, 0.717) is 5.02 Å². The van der Waals surface area contributed by atoms with Crippen molar-refractivity contribution in [1.29, 1.82) is 0 Å². The van der Waals surface area contributed by atoms with Gasteiger partial charge in [-0.2, -0.15) is 0 Å². The van der Waals surface area contributed by atoms with E-state index < -0.39 is 6.10 Å². The Labute approximate surface area is 118 Å². The molecule has 2 aromatic rings. The summed E-state index contributed by atoms with van der Waals surface area (Å²) in [5, 5.41) is 11.0. The molecule has 0 amide bonds. The molecule has 0 saturated heterocycles. The van der Waals surface area contributed by atoms with E-state index in [9.17, 15) is 5.11 Å². The summed E-state index contributed by atoms with van der Waals surface area (Å²) < 4.78 is 0.948. The van der Waals surface area contributed by atoms with Gasteiger partial charge in [-0.15, -0.1) is 11.3 Å². The molecule has 4 heteroatoms. The SMILES string of the molecule is Cc1cc(Br)c(C(O)c2ccc(C)c(Cl)c2)s1. The summed E-state index contributed by atoms with van der Waals surface area (Å²) in [5.41, 5.74) is 1.84. The number of aliphatic hydroxyl groups excluding tert-OH is 1. The van der Waals surface area contributed by atoms with Gasteiger partial charge in [0.15, 0.2) is 0 Å². The van der Waals surface area contributed by atoms with Crippen LogP contribution in [-0.4, -0.2) is 5.11 Å². The monoisotopic (exact) mass is 330 g/mol. The van der Waals surface area contributed by atoms with Gasteiger partial charge < -0.3 is 5.11 Å². The van der Waals surface area contributed by atoms with Crippen molar-refractivity contribution >= 4 is 38.9 Å². The minimum absolute atomic E-state index is 0.624.